The van der Waals surface area contributed by atoms with Crippen LogP contribution in [0.15, 0.2) is 46.9 Å². The van der Waals surface area contributed by atoms with E-state index in [0.717, 1.165) is 22.5 Å². The van der Waals surface area contributed by atoms with E-state index >= 15 is 0 Å². The number of nitrogens with zero attached hydrogens (tertiary/aromatic N) is 1. The molecule has 6 heteroatoms. The van der Waals surface area contributed by atoms with Crippen LogP contribution in [0.4, 0.5) is 15.8 Å². The molecule has 0 aromatic heterocycles. The Labute approximate surface area is 130 Å². The first-order valence-electron chi connectivity index (χ1n) is 6.47. The van der Waals surface area contributed by atoms with E-state index in [2.05, 4.69) is 21.2 Å². The highest BCUT2D eigenvalue weighted by molar-refractivity contribution is 9.10. The molecular weight excluding hydrogens is 339 g/mol. The van der Waals surface area contributed by atoms with Crippen molar-refractivity contribution in [3.63, 3.8) is 0 Å². The monoisotopic (exact) mass is 352 g/mol. The van der Waals surface area contributed by atoms with Crippen LogP contribution < -0.4 is 5.32 Å². The lowest BCUT2D eigenvalue weighted by Crippen LogP contribution is -2.11. The number of nitro groups is 1. The standard InChI is InChI=1S/C15H14BrFN2O2/c1-2-14(10-4-3-5-11(16)8-10)18-15-7-6-12(19(20)21)9-13(15)17/h3-9,14,18H,2H2,1H3. The molecule has 0 aliphatic carbocycles. The van der Waals surface area contributed by atoms with Gasteiger partial charge >= 0.3 is 0 Å². The van der Waals surface area contributed by atoms with Crippen molar-refractivity contribution in [1.29, 1.82) is 0 Å². The summed E-state index contributed by atoms with van der Waals surface area (Å²) in [6, 6.07) is 11.3. The van der Waals surface area contributed by atoms with E-state index in [4.69, 9.17) is 0 Å². The summed E-state index contributed by atoms with van der Waals surface area (Å²) in [4.78, 5) is 10.0. The molecule has 0 saturated heterocycles. The average molecular weight is 353 g/mol. The number of non-ortho nitro benzene ring substituents is 1. The second-order valence-corrected chi connectivity index (χ2v) is 5.50. The minimum atomic E-state index is -0.627. The second-order valence-electron chi connectivity index (χ2n) is 4.58. The summed E-state index contributed by atoms with van der Waals surface area (Å²) in [6.07, 6.45) is 0.757. The van der Waals surface area contributed by atoms with Gasteiger partial charge in [-0.15, -0.1) is 0 Å². The molecule has 4 nitrogen and oxygen atoms in total. The summed E-state index contributed by atoms with van der Waals surface area (Å²) < 4.78 is 14.9. The van der Waals surface area contributed by atoms with Crippen LogP contribution in [0.5, 0.6) is 0 Å². The van der Waals surface area contributed by atoms with Gasteiger partial charge < -0.3 is 5.32 Å². The highest BCUT2D eigenvalue weighted by atomic mass is 79.9. The van der Waals surface area contributed by atoms with Crippen LogP contribution in [0, 0.1) is 15.9 Å². The largest absolute Gasteiger partial charge is 0.376 e. The summed E-state index contributed by atoms with van der Waals surface area (Å²) in [5, 5.41) is 13.7. The Morgan fingerprint density at radius 1 is 1.33 bits per heavy atom. The normalized spacial score (nSPS) is 12.0. The Morgan fingerprint density at radius 3 is 2.67 bits per heavy atom. The molecule has 2 rings (SSSR count). The van der Waals surface area contributed by atoms with Gasteiger partial charge in [0.15, 0.2) is 5.82 Å². The minimum Gasteiger partial charge on any atom is -0.376 e. The maximum absolute atomic E-state index is 13.9. The topological polar surface area (TPSA) is 55.2 Å². The van der Waals surface area contributed by atoms with Crippen LogP contribution in [0.2, 0.25) is 0 Å². The maximum atomic E-state index is 13.9. The Kier molecular flexibility index (Phi) is 4.90. The second kappa shape index (κ2) is 6.67. The lowest BCUT2D eigenvalue weighted by atomic mass is 10.0. The molecule has 0 saturated carbocycles. The molecule has 1 unspecified atom stereocenters. The molecule has 0 fully saturated rings. The van der Waals surface area contributed by atoms with Gasteiger partial charge in [-0.3, -0.25) is 10.1 Å². The Bertz CT molecular complexity index is 664. The van der Waals surface area contributed by atoms with Gasteiger partial charge in [-0.25, -0.2) is 4.39 Å². The molecule has 0 heterocycles. The molecule has 21 heavy (non-hydrogen) atoms. The number of benzene rings is 2. The summed E-state index contributed by atoms with van der Waals surface area (Å²) >= 11 is 3.41. The van der Waals surface area contributed by atoms with Gasteiger partial charge in [-0.05, 0) is 30.2 Å². The van der Waals surface area contributed by atoms with E-state index < -0.39 is 10.7 Å². The summed E-state index contributed by atoms with van der Waals surface area (Å²) in [7, 11) is 0. The fourth-order valence-electron chi connectivity index (χ4n) is 2.07. The van der Waals surface area contributed by atoms with Gasteiger partial charge in [0.25, 0.3) is 5.69 Å². The molecule has 110 valence electrons. The molecule has 0 aliphatic rings. The van der Waals surface area contributed by atoms with Crippen molar-refractivity contribution in [2.24, 2.45) is 0 Å². The predicted molar refractivity (Wildman–Crippen MR) is 83.9 cm³/mol. The average Bonchev–Trinajstić information content (AvgIpc) is 2.45. The summed E-state index contributed by atoms with van der Waals surface area (Å²) in [5.41, 5.74) is 1.02. The van der Waals surface area contributed by atoms with Gasteiger partial charge in [-0.2, -0.15) is 0 Å². The maximum Gasteiger partial charge on any atom is 0.272 e. The van der Waals surface area contributed by atoms with Crippen LogP contribution in [0.25, 0.3) is 0 Å². The van der Waals surface area contributed by atoms with Gasteiger partial charge in [0, 0.05) is 10.5 Å². The lowest BCUT2D eigenvalue weighted by Gasteiger charge is -2.19. The smallest absolute Gasteiger partial charge is 0.272 e. The molecule has 0 bridgehead atoms. The number of hydrogen-bond acceptors (Lipinski definition) is 3. The fourth-order valence-corrected chi connectivity index (χ4v) is 2.48. The van der Waals surface area contributed by atoms with Gasteiger partial charge in [-0.1, -0.05) is 35.0 Å². The van der Waals surface area contributed by atoms with Crippen molar-refractivity contribution in [3.05, 3.63) is 68.4 Å². The first-order chi connectivity index (χ1) is 10.0. The van der Waals surface area contributed by atoms with E-state index in [1.54, 1.807) is 0 Å². The third kappa shape index (κ3) is 3.78. The fraction of sp³-hybridized carbons (Fsp3) is 0.200. The molecular formula is C15H14BrFN2O2. The van der Waals surface area contributed by atoms with E-state index in [1.807, 2.05) is 31.2 Å². The van der Waals surface area contributed by atoms with Crippen LogP contribution >= 0.6 is 15.9 Å². The Morgan fingerprint density at radius 2 is 2.10 bits per heavy atom. The van der Waals surface area contributed by atoms with Crippen LogP contribution in [0.3, 0.4) is 0 Å². The van der Waals surface area contributed by atoms with Crippen molar-refractivity contribution >= 4 is 27.3 Å². The first-order valence-corrected chi connectivity index (χ1v) is 7.26. The third-order valence-electron chi connectivity index (χ3n) is 3.15. The van der Waals surface area contributed by atoms with Crippen molar-refractivity contribution in [3.8, 4) is 0 Å². The lowest BCUT2D eigenvalue weighted by molar-refractivity contribution is -0.385. The molecule has 1 N–H and O–H groups in total. The molecule has 1 atom stereocenters. The molecule has 2 aromatic carbocycles. The van der Waals surface area contributed by atoms with E-state index in [0.29, 0.717) is 0 Å². The van der Waals surface area contributed by atoms with Crippen LogP contribution in [0.1, 0.15) is 24.9 Å². The van der Waals surface area contributed by atoms with E-state index in [9.17, 15) is 14.5 Å². The van der Waals surface area contributed by atoms with Crippen LogP contribution in [-0.4, -0.2) is 4.92 Å². The zero-order valence-corrected chi connectivity index (χ0v) is 12.9. The van der Waals surface area contributed by atoms with Crippen LogP contribution in [-0.2, 0) is 0 Å². The van der Waals surface area contributed by atoms with Crippen molar-refractivity contribution in [2.75, 3.05) is 5.32 Å². The van der Waals surface area contributed by atoms with E-state index in [-0.39, 0.29) is 17.4 Å². The molecule has 0 radical (unpaired) electrons. The number of anilines is 1. The quantitative estimate of drug-likeness (QED) is 0.604. The van der Waals surface area contributed by atoms with Gasteiger partial charge in [0.1, 0.15) is 0 Å². The summed E-state index contributed by atoms with van der Waals surface area (Å²) in [5.74, 6) is -0.627. The zero-order valence-electron chi connectivity index (χ0n) is 11.3. The van der Waals surface area contributed by atoms with Crippen molar-refractivity contribution in [2.45, 2.75) is 19.4 Å². The number of nitro benzene ring substituents is 1. The van der Waals surface area contributed by atoms with Gasteiger partial charge in [0.05, 0.1) is 22.7 Å². The highest BCUT2D eigenvalue weighted by Gasteiger charge is 2.15. The van der Waals surface area contributed by atoms with Gasteiger partial charge in [0.2, 0.25) is 0 Å². The molecule has 0 spiro atoms. The van der Waals surface area contributed by atoms with E-state index in [1.165, 1.54) is 12.1 Å². The molecule has 0 amide bonds. The number of nitrogens with one attached hydrogen (secondary N) is 1. The Balaban J connectivity index is 2.25. The molecule has 2 aromatic rings. The summed E-state index contributed by atoms with van der Waals surface area (Å²) in [6.45, 7) is 1.99. The number of halogens is 2. The minimum absolute atomic E-state index is 0.0709. The predicted octanol–water partition coefficient (Wildman–Crippen LogP) is 5.06. The Hall–Kier alpha value is -1.95. The highest BCUT2D eigenvalue weighted by Crippen LogP contribution is 2.28. The SMILES string of the molecule is CCC(Nc1ccc([N+](=O)[O-])cc1F)c1cccc(Br)c1. The number of hydrogen-bond donors (Lipinski definition) is 1. The zero-order chi connectivity index (χ0) is 15.4. The third-order valence-corrected chi connectivity index (χ3v) is 3.65. The molecule has 0 aliphatic heterocycles. The van der Waals surface area contributed by atoms with Crippen molar-refractivity contribution in [1.82, 2.24) is 0 Å². The van der Waals surface area contributed by atoms with Crippen molar-refractivity contribution < 1.29 is 9.31 Å². The first kappa shape index (κ1) is 15.4. The number of rotatable bonds is 5.